The zero-order chi connectivity index (χ0) is 16.0. The van der Waals surface area contributed by atoms with E-state index in [-0.39, 0.29) is 6.03 Å². The number of carbonyl (C=O) groups excluding carboxylic acids is 2. The Kier molecular flexibility index (Phi) is 5.58. The lowest BCUT2D eigenvalue weighted by molar-refractivity contribution is 0.0523. The van der Waals surface area contributed by atoms with Crippen molar-refractivity contribution >= 4 is 17.8 Å². The van der Waals surface area contributed by atoms with Gasteiger partial charge in [0.05, 0.1) is 0 Å². The van der Waals surface area contributed by atoms with Crippen molar-refractivity contribution < 1.29 is 14.3 Å². The van der Waals surface area contributed by atoms with E-state index < -0.39 is 11.7 Å². The molecule has 6 heteroatoms. The molecule has 0 aliphatic rings. The fraction of sp³-hybridized carbons (Fsp3) is 0.467. The molecule has 1 rings (SSSR count). The molecule has 0 bridgehead atoms. The molecule has 21 heavy (non-hydrogen) atoms. The smallest absolute Gasteiger partial charge is 0.407 e. The second-order valence-corrected chi connectivity index (χ2v) is 5.88. The van der Waals surface area contributed by atoms with E-state index in [1.54, 1.807) is 26.2 Å². The van der Waals surface area contributed by atoms with Gasteiger partial charge in [-0.2, -0.15) is 0 Å². The van der Waals surface area contributed by atoms with E-state index in [0.29, 0.717) is 12.2 Å². The summed E-state index contributed by atoms with van der Waals surface area (Å²) in [5, 5.41) is 5.43. The Labute approximate surface area is 125 Å². The summed E-state index contributed by atoms with van der Waals surface area (Å²) >= 11 is 0. The average molecular weight is 293 g/mol. The first-order chi connectivity index (χ1) is 9.67. The molecule has 1 aromatic carbocycles. The lowest BCUT2D eigenvalue weighted by Crippen LogP contribution is -2.32. The number of ether oxygens (including phenoxy) is 1. The van der Waals surface area contributed by atoms with E-state index in [1.807, 2.05) is 32.9 Å². The number of hydrogen-bond donors (Lipinski definition) is 2. The fourth-order valence-electron chi connectivity index (χ4n) is 1.48. The number of urea groups is 1. The minimum atomic E-state index is -0.522. The second-order valence-electron chi connectivity index (χ2n) is 5.88. The number of carbonyl (C=O) groups is 2. The van der Waals surface area contributed by atoms with Crippen molar-refractivity contribution in [2.24, 2.45) is 0 Å². The van der Waals surface area contributed by atoms with Crippen molar-refractivity contribution in [3.63, 3.8) is 0 Å². The molecule has 2 N–H and O–H groups in total. The highest BCUT2D eigenvalue weighted by Gasteiger charge is 2.15. The van der Waals surface area contributed by atoms with Crippen LogP contribution in [0, 0.1) is 0 Å². The van der Waals surface area contributed by atoms with Gasteiger partial charge >= 0.3 is 12.1 Å². The fourth-order valence-corrected chi connectivity index (χ4v) is 1.48. The van der Waals surface area contributed by atoms with Gasteiger partial charge in [-0.25, -0.2) is 9.59 Å². The first-order valence-corrected chi connectivity index (χ1v) is 6.71. The molecular weight excluding hydrogens is 270 g/mol. The van der Waals surface area contributed by atoms with Gasteiger partial charge in [-0.15, -0.1) is 0 Å². The van der Waals surface area contributed by atoms with Crippen LogP contribution in [-0.2, 0) is 11.3 Å². The van der Waals surface area contributed by atoms with E-state index in [9.17, 15) is 9.59 Å². The highest BCUT2D eigenvalue weighted by molar-refractivity contribution is 5.88. The van der Waals surface area contributed by atoms with Crippen LogP contribution in [-0.4, -0.2) is 36.7 Å². The lowest BCUT2D eigenvalue weighted by atomic mass is 10.2. The summed E-state index contributed by atoms with van der Waals surface area (Å²) in [7, 11) is 3.34. The lowest BCUT2D eigenvalue weighted by Gasteiger charge is -2.19. The Morgan fingerprint density at radius 3 is 2.48 bits per heavy atom. The van der Waals surface area contributed by atoms with E-state index in [1.165, 1.54) is 4.90 Å². The van der Waals surface area contributed by atoms with Crippen molar-refractivity contribution in [1.29, 1.82) is 0 Å². The molecule has 0 heterocycles. The van der Waals surface area contributed by atoms with Gasteiger partial charge in [0.15, 0.2) is 0 Å². The van der Waals surface area contributed by atoms with E-state index in [0.717, 1.165) is 5.56 Å². The first-order valence-electron chi connectivity index (χ1n) is 6.71. The van der Waals surface area contributed by atoms with Crippen LogP contribution in [0.15, 0.2) is 24.3 Å². The molecule has 0 unspecified atom stereocenters. The molecule has 0 aliphatic heterocycles. The Morgan fingerprint density at radius 1 is 1.24 bits per heavy atom. The van der Waals surface area contributed by atoms with Crippen molar-refractivity contribution in [3.05, 3.63) is 29.8 Å². The average Bonchev–Trinajstić information content (AvgIpc) is 2.34. The maximum absolute atomic E-state index is 11.6. The molecule has 0 saturated heterocycles. The molecule has 0 aliphatic carbocycles. The molecule has 3 amide bonds. The van der Waals surface area contributed by atoms with Gasteiger partial charge in [0.25, 0.3) is 0 Å². The van der Waals surface area contributed by atoms with Crippen LogP contribution in [0.25, 0.3) is 0 Å². The molecule has 0 aromatic heterocycles. The van der Waals surface area contributed by atoms with Crippen LogP contribution in [0.2, 0.25) is 0 Å². The van der Waals surface area contributed by atoms with Crippen LogP contribution in [0.4, 0.5) is 15.3 Å². The third kappa shape index (κ3) is 6.65. The summed E-state index contributed by atoms with van der Waals surface area (Å²) < 4.78 is 5.16. The van der Waals surface area contributed by atoms with Gasteiger partial charge in [-0.3, -0.25) is 0 Å². The number of hydrogen-bond acceptors (Lipinski definition) is 3. The van der Waals surface area contributed by atoms with Crippen LogP contribution in [0.5, 0.6) is 0 Å². The molecule has 0 fully saturated rings. The van der Waals surface area contributed by atoms with E-state index in [4.69, 9.17) is 4.74 Å². The van der Waals surface area contributed by atoms with Crippen LogP contribution in [0.1, 0.15) is 26.3 Å². The summed E-state index contributed by atoms with van der Waals surface area (Å²) in [5.74, 6) is 0. The highest BCUT2D eigenvalue weighted by atomic mass is 16.6. The summed E-state index contributed by atoms with van der Waals surface area (Å²) in [4.78, 5) is 24.6. The normalized spacial score (nSPS) is 10.7. The zero-order valence-corrected chi connectivity index (χ0v) is 13.2. The van der Waals surface area contributed by atoms with Gasteiger partial charge in [0.2, 0.25) is 0 Å². The minimum absolute atomic E-state index is 0.202. The van der Waals surface area contributed by atoms with Crippen molar-refractivity contribution in [1.82, 2.24) is 10.2 Å². The molecular formula is C15H23N3O3. The van der Waals surface area contributed by atoms with E-state index >= 15 is 0 Å². The third-order valence-corrected chi connectivity index (χ3v) is 2.42. The van der Waals surface area contributed by atoms with Gasteiger partial charge in [-0.05, 0) is 38.5 Å². The number of anilines is 1. The van der Waals surface area contributed by atoms with Crippen molar-refractivity contribution in [2.75, 3.05) is 19.4 Å². The maximum Gasteiger partial charge on any atom is 0.407 e. The second kappa shape index (κ2) is 6.97. The number of amides is 3. The SMILES string of the molecule is CN(C)C(=O)Nc1cccc(CNC(=O)OC(C)(C)C)c1. The number of benzene rings is 1. The molecule has 0 saturated carbocycles. The van der Waals surface area contributed by atoms with Crippen LogP contribution < -0.4 is 10.6 Å². The monoisotopic (exact) mass is 293 g/mol. The Bertz CT molecular complexity index is 507. The predicted molar refractivity (Wildman–Crippen MR) is 82.2 cm³/mol. The minimum Gasteiger partial charge on any atom is -0.444 e. The van der Waals surface area contributed by atoms with Crippen molar-refractivity contribution in [3.8, 4) is 0 Å². The summed E-state index contributed by atoms with van der Waals surface area (Å²) in [6.07, 6.45) is -0.467. The number of rotatable bonds is 3. The third-order valence-electron chi connectivity index (χ3n) is 2.42. The molecule has 0 radical (unpaired) electrons. The standard InChI is InChI=1S/C15H23N3O3/c1-15(2,3)21-14(20)16-10-11-7-6-8-12(9-11)17-13(19)18(4)5/h6-9H,10H2,1-5H3,(H,16,20)(H,17,19). The van der Waals surface area contributed by atoms with Gasteiger partial charge < -0.3 is 20.3 Å². The van der Waals surface area contributed by atoms with Crippen molar-refractivity contribution in [2.45, 2.75) is 32.9 Å². The van der Waals surface area contributed by atoms with Gasteiger partial charge in [0, 0.05) is 26.3 Å². The summed E-state index contributed by atoms with van der Waals surface area (Å²) in [6, 6.07) is 7.07. The predicted octanol–water partition coefficient (Wildman–Crippen LogP) is 2.80. The Hall–Kier alpha value is -2.24. The Balaban J connectivity index is 2.57. The molecule has 6 nitrogen and oxygen atoms in total. The van der Waals surface area contributed by atoms with Gasteiger partial charge in [-0.1, -0.05) is 12.1 Å². The number of alkyl carbamates (subject to hydrolysis) is 1. The van der Waals surface area contributed by atoms with Crippen LogP contribution >= 0.6 is 0 Å². The Morgan fingerprint density at radius 2 is 1.90 bits per heavy atom. The highest BCUT2D eigenvalue weighted by Crippen LogP contribution is 2.12. The molecule has 0 spiro atoms. The zero-order valence-electron chi connectivity index (χ0n) is 13.2. The summed E-state index contributed by atoms with van der Waals surface area (Å²) in [5.41, 5.74) is 1.03. The molecule has 116 valence electrons. The quantitative estimate of drug-likeness (QED) is 0.900. The summed E-state index contributed by atoms with van der Waals surface area (Å²) in [6.45, 7) is 5.76. The largest absolute Gasteiger partial charge is 0.444 e. The van der Waals surface area contributed by atoms with Crippen LogP contribution in [0.3, 0.4) is 0 Å². The number of nitrogens with one attached hydrogen (secondary N) is 2. The van der Waals surface area contributed by atoms with Gasteiger partial charge in [0.1, 0.15) is 5.60 Å². The molecule has 0 atom stereocenters. The molecule has 1 aromatic rings. The topological polar surface area (TPSA) is 70.7 Å². The maximum atomic E-state index is 11.6. The first kappa shape index (κ1) is 16.8. The number of nitrogens with zero attached hydrogens (tertiary/aromatic N) is 1. The van der Waals surface area contributed by atoms with E-state index in [2.05, 4.69) is 10.6 Å².